The van der Waals surface area contributed by atoms with E-state index in [1.165, 1.54) is 12.5 Å². The Balaban J connectivity index is 2.39. The zero-order valence-electron chi connectivity index (χ0n) is 11.0. The van der Waals surface area contributed by atoms with E-state index in [0.717, 1.165) is 16.9 Å². The fourth-order valence-corrected chi connectivity index (χ4v) is 3.36. The van der Waals surface area contributed by atoms with Crippen LogP contribution in [-0.2, 0) is 4.79 Å². The first-order chi connectivity index (χ1) is 8.54. The number of hydrogen-bond acceptors (Lipinski definition) is 3. The first-order valence-corrected chi connectivity index (χ1v) is 7.34. The van der Waals surface area contributed by atoms with Gasteiger partial charge in [0.15, 0.2) is 5.78 Å². The molecule has 0 aliphatic carbocycles. The van der Waals surface area contributed by atoms with Crippen molar-refractivity contribution in [2.24, 2.45) is 5.92 Å². The zero-order chi connectivity index (χ0) is 13.3. The summed E-state index contributed by atoms with van der Waals surface area (Å²) in [5.41, 5.74) is 1.93. The Morgan fingerprint density at radius 1 is 1.50 bits per heavy atom. The molecular weight excluding hydrogens is 244 g/mol. The third-order valence-electron chi connectivity index (χ3n) is 3.66. The predicted molar refractivity (Wildman–Crippen MR) is 74.4 cm³/mol. The maximum Gasteiger partial charge on any atom is 0.175 e. The number of thioether (sulfide) groups is 1. The Morgan fingerprint density at radius 2 is 2.22 bits per heavy atom. The van der Waals surface area contributed by atoms with E-state index in [9.17, 15) is 9.59 Å². The molecule has 0 N–H and O–H groups in total. The third kappa shape index (κ3) is 2.37. The second-order valence-corrected chi connectivity index (χ2v) is 5.97. The molecule has 1 aliphatic heterocycles. The molecule has 1 aromatic carbocycles. The van der Waals surface area contributed by atoms with E-state index < -0.39 is 5.92 Å². The lowest BCUT2D eigenvalue weighted by atomic mass is 9.91. The van der Waals surface area contributed by atoms with E-state index in [-0.39, 0.29) is 11.6 Å². The number of carbonyl (C=O) groups excluding carboxylic acids is 2. The predicted octanol–water partition coefficient (Wildman–Crippen LogP) is 3.69. The quantitative estimate of drug-likeness (QED) is 0.779. The molecule has 1 aromatic rings. The van der Waals surface area contributed by atoms with Crippen LogP contribution in [0.3, 0.4) is 0 Å². The number of ketones is 2. The fourth-order valence-electron chi connectivity index (χ4n) is 2.15. The zero-order valence-corrected chi connectivity index (χ0v) is 11.8. The van der Waals surface area contributed by atoms with Gasteiger partial charge in [-0.05, 0) is 37.0 Å². The van der Waals surface area contributed by atoms with Gasteiger partial charge in [-0.2, -0.15) is 0 Å². The molecule has 1 aliphatic rings. The van der Waals surface area contributed by atoms with Gasteiger partial charge in [0.05, 0.1) is 5.92 Å². The van der Waals surface area contributed by atoms with Crippen LogP contribution >= 0.6 is 11.8 Å². The van der Waals surface area contributed by atoms with Crippen LogP contribution in [0.5, 0.6) is 0 Å². The molecule has 2 atom stereocenters. The number of carbonyl (C=O) groups is 2. The van der Waals surface area contributed by atoms with Crippen LogP contribution < -0.4 is 0 Å². The van der Waals surface area contributed by atoms with Crippen molar-refractivity contribution in [2.45, 2.75) is 38.0 Å². The van der Waals surface area contributed by atoms with Gasteiger partial charge >= 0.3 is 0 Å². The summed E-state index contributed by atoms with van der Waals surface area (Å²) < 4.78 is 0. The second kappa shape index (κ2) is 5.27. The van der Waals surface area contributed by atoms with Crippen LogP contribution in [0.4, 0.5) is 0 Å². The smallest absolute Gasteiger partial charge is 0.175 e. The number of hydrogen-bond donors (Lipinski definition) is 0. The molecule has 3 heteroatoms. The van der Waals surface area contributed by atoms with E-state index >= 15 is 0 Å². The summed E-state index contributed by atoms with van der Waals surface area (Å²) in [5.74, 6) is 0.568. The van der Waals surface area contributed by atoms with Crippen molar-refractivity contribution in [3.63, 3.8) is 0 Å². The van der Waals surface area contributed by atoms with Crippen molar-refractivity contribution >= 4 is 23.3 Å². The van der Waals surface area contributed by atoms with Crippen molar-refractivity contribution < 1.29 is 9.59 Å². The Morgan fingerprint density at radius 3 is 2.83 bits per heavy atom. The Kier molecular flexibility index (Phi) is 3.91. The maximum atomic E-state index is 12.3. The van der Waals surface area contributed by atoms with E-state index in [0.29, 0.717) is 11.7 Å². The van der Waals surface area contributed by atoms with Gasteiger partial charge < -0.3 is 0 Å². The molecule has 1 heterocycles. The highest BCUT2D eigenvalue weighted by Gasteiger charge is 2.31. The fraction of sp³-hybridized carbons (Fsp3) is 0.467. The highest BCUT2D eigenvalue weighted by atomic mass is 32.2. The molecule has 2 nitrogen and oxygen atoms in total. The minimum absolute atomic E-state index is 0.00130. The van der Waals surface area contributed by atoms with Crippen LogP contribution in [0.15, 0.2) is 23.1 Å². The van der Waals surface area contributed by atoms with Gasteiger partial charge in [-0.1, -0.05) is 19.9 Å². The summed E-state index contributed by atoms with van der Waals surface area (Å²) in [4.78, 5) is 24.8. The average Bonchev–Trinajstić information content (AvgIpc) is 2.37. The molecule has 0 spiro atoms. The Bertz CT molecular complexity index is 493. The van der Waals surface area contributed by atoms with Gasteiger partial charge in [-0.3, -0.25) is 9.59 Å². The summed E-state index contributed by atoms with van der Waals surface area (Å²) in [6, 6.07) is 6.10. The van der Waals surface area contributed by atoms with Crippen molar-refractivity contribution in [1.29, 1.82) is 0 Å². The number of fused-ring (bicyclic) bond motifs is 1. The summed E-state index contributed by atoms with van der Waals surface area (Å²) in [5, 5.41) is 0. The lowest BCUT2D eigenvalue weighted by Crippen LogP contribution is -2.28. The van der Waals surface area contributed by atoms with E-state index in [1.807, 2.05) is 12.1 Å². The lowest BCUT2D eigenvalue weighted by Gasteiger charge is -2.22. The van der Waals surface area contributed by atoms with Crippen molar-refractivity contribution in [3.05, 3.63) is 29.3 Å². The van der Waals surface area contributed by atoms with Crippen molar-refractivity contribution in [2.75, 3.05) is 5.75 Å². The molecule has 96 valence electrons. The lowest BCUT2D eigenvalue weighted by molar-refractivity contribution is -0.118. The van der Waals surface area contributed by atoms with Gasteiger partial charge in [0, 0.05) is 16.2 Å². The average molecular weight is 262 g/mol. The summed E-state index contributed by atoms with van der Waals surface area (Å²) >= 11 is 1.62. The molecule has 0 radical (unpaired) electrons. The summed E-state index contributed by atoms with van der Waals surface area (Å²) in [6.45, 7) is 5.80. The van der Waals surface area contributed by atoms with Gasteiger partial charge in [-0.25, -0.2) is 0 Å². The van der Waals surface area contributed by atoms with Gasteiger partial charge in [0.2, 0.25) is 0 Å². The highest BCUT2D eigenvalue weighted by molar-refractivity contribution is 7.99. The molecule has 18 heavy (non-hydrogen) atoms. The van der Waals surface area contributed by atoms with E-state index in [4.69, 9.17) is 0 Å². The molecule has 0 saturated carbocycles. The molecule has 0 aromatic heterocycles. The molecule has 2 rings (SSSR count). The number of Topliss-reactive ketones (excluding diaryl/α,β-unsaturated/α-hetero) is 2. The van der Waals surface area contributed by atoms with Crippen LogP contribution in [0.25, 0.3) is 0 Å². The summed E-state index contributed by atoms with van der Waals surface area (Å²) in [6.07, 6.45) is 1.05. The molecular formula is C15H18O2S. The SMILES string of the molecule is CC[C@H](C)c1ccc2c(c1)C(=O)[C@H](C(C)=O)CS2. The number of benzene rings is 1. The van der Waals surface area contributed by atoms with Crippen LogP contribution in [0.2, 0.25) is 0 Å². The van der Waals surface area contributed by atoms with Crippen molar-refractivity contribution in [3.8, 4) is 0 Å². The Labute approximate surface area is 112 Å². The largest absolute Gasteiger partial charge is 0.299 e. The minimum Gasteiger partial charge on any atom is -0.299 e. The third-order valence-corrected chi connectivity index (χ3v) is 4.83. The molecule has 0 saturated heterocycles. The topological polar surface area (TPSA) is 34.1 Å². The highest BCUT2D eigenvalue weighted by Crippen LogP contribution is 2.35. The molecule has 0 fully saturated rings. The Hall–Kier alpha value is -1.09. The minimum atomic E-state index is -0.449. The van der Waals surface area contributed by atoms with Crippen LogP contribution in [-0.4, -0.2) is 17.3 Å². The van der Waals surface area contributed by atoms with Gasteiger partial charge in [-0.15, -0.1) is 11.8 Å². The molecule has 0 bridgehead atoms. The monoisotopic (exact) mass is 262 g/mol. The normalized spacial score (nSPS) is 20.4. The van der Waals surface area contributed by atoms with E-state index in [2.05, 4.69) is 19.9 Å². The van der Waals surface area contributed by atoms with Gasteiger partial charge in [0.1, 0.15) is 5.78 Å². The second-order valence-electron chi connectivity index (χ2n) is 4.90. The molecule has 0 amide bonds. The van der Waals surface area contributed by atoms with Crippen molar-refractivity contribution in [1.82, 2.24) is 0 Å². The first kappa shape index (κ1) is 13.3. The standard InChI is InChI=1S/C15H18O2S/c1-4-9(2)11-5-6-14-12(7-11)15(17)13(8-18-14)10(3)16/h5-7,9,13H,4,8H2,1-3H3/t9-,13-/m0/s1. The van der Waals surface area contributed by atoms with Crippen LogP contribution in [0, 0.1) is 5.92 Å². The summed E-state index contributed by atoms with van der Waals surface area (Å²) in [7, 11) is 0. The van der Waals surface area contributed by atoms with Gasteiger partial charge in [0.25, 0.3) is 0 Å². The van der Waals surface area contributed by atoms with E-state index in [1.54, 1.807) is 11.8 Å². The maximum absolute atomic E-state index is 12.3. The first-order valence-electron chi connectivity index (χ1n) is 6.36. The van der Waals surface area contributed by atoms with Crippen LogP contribution in [0.1, 0.15) is 49.0 Å². The number of rotatable bonds is 3. The molecule has 0 unspecified atom stereocenters.